The van der Waals surface area contributed by atoms with Crippen LogP contribution in [0.15, 0.2) is 105 Å². The maximum atomic E-state index is 13.6. The Morgan fingerprint density at radius 2 is 1.64 bits per heavy atom. The first-order valence-electron chi connectivity index (χ1n) is 14.0. The van der Waals surface area contributed by atoms with E-state index in [0.717, 1.165) is 53.7 Å². The zero-order chi connectivity index (χ0) is 28.2. The number of nitrogens with zero attached hydrogens (tertiary/aromatic N) is 5. The number of piperidine rings is 1. The van der Waals surface area contributed by atoms with E-state index in [2.05, 4.69) is 28.4 Å². The fourth-order valence-electron chi connectivity index (χ4n) is 6.36. The average molecular weight is 588 g/mol. The molecular formula is C33H25N5O2S2. The molecule has 0 radical (unpaired) electrons. The Labute approximate surface area is 249 Å². The molecule has 3 aromatic carbocycles. The largest absolute Gasteiger partial charge is 0.338 e. The van der Waals surface area contributed by atoms with Crippen LogP contribution in [0.3, 0.4) is 0 Å². The van der Waals surface area contributed by atoms with Gasteiger partial charge in [-0.3, -0.25) is 9.59 Å². The maximum Gasteiger partial charge on any atom is 0.253 e. The topological polar surface area (TPSA) is 81.0 Å². The van der Waals surface area contributed by atoms with Crippen molar-refractivity contribution in [1.82, 2.24) is 24.6 Å². The van der Waals surface area contributed by atoms with Gasteiger partial charge in [0, 0.05) is 59.2 Å². The van der Waals surface area contributed by atoms with Crippen LogP contribution in [0.1, 0.15) is 28.4 Å². The number of likely N-dealkylation sites (tertiary alicyclic amines) is 1. The normalized spacial score (nSPS) is 17.9. The summed E-state index contributed by atoms with van der Waals surface area (Å²) in [5, 5.41) is 12.1. The van der Waals surface area contributed by atoms with Crippen LogP contribution in [0.2, 0.25) is 0 Å². The number of hydrogen-bond acceptors (Lipinski definition) is 7. The van der Waals surface area contributed by atoms with Gasteiger partial charge in [-0.2, -0.15) is 0 Å². The summed E-state index contributed by atoms with van der Waals surface area (Å²) < 4.78 is 3.98. The first kappa shape index (κ1) is 25.4. The molecule has 3 aromatic heterocycles. The summed E-state index contributed by atoms with van der Waals surface area (Å²) in [6.07, 6.45) is 1.02. The lowest BCUT2D eigenvalue weighted by molar-refractivity contribution is 0.0594. The molecule has 2 bridgehead atoms. The van der Waals surface area contributed by atoms with Gasteiger partial charge in [-0.25, -0.2) is 4.98 Å². The second-order valence-corrected chi connectivity index (χ2v) is 13.2. The number of rotatable bonds is 4. The van der Waals surface area contributed by atoms with Crippen molar-refractivity contribution in [3.05, 3.63) is 113 Å². The minimum atomic E-state index is 0.0292. The SMILES string of the molecule is O=C(c1ccc(-c2nnc(Sc3nc4ccccc4s3)c3ccccc23)cc1)N1C[C@@H]2C[C@H](C1)c1cccc(=O)n1C2. The predicted octanol–water partition coefficient (Wildman–Crippen LogP) is 6.48. The molecule has 0 spiro atoms. The van der Waals surface area contributed by atoms with Crippen molar-refractivity contribution in [2.75, 3.05) is 13.1 Å². The molecule has 0 N–H and O–H groups in total. The summed E-state index contributed by atoms with van der Waals surface area (Å²) >= 11 is 3.19. The highest BCUT2D eigenvalue weighted by molar-refractivity contribution is 8.01. The van der Waals surface area contributed by atoms with E-state index in [9.17, 15) is 9.59 Å². The first-order chi connectivity index (χ1) is 20.6. The second-order valence-electron chi connectivity index (χ2n) is 10.9. The number of aromatic nitrogens is 4. The van der Waals surface area contributed by atoms with Gasteiger partial charge in [-0.05, 0) is 54.4 Å². The molecule has 8 rings (SSSR count). The van der Waals surface area contributed by atoms with E-state index in [1.807, 2.05) is 76.2 Å². The lowest BCUT2D eigenvalue weighted by atomic mass is 9.83. The zero-order valence-corrected chi connectivity index (χ0v) is 24.1. The summed E-state index contributed by atoms with van der Waals surface area (Å²) in [7, 11) is 0. The molecule has 2 aliphatic heterocycles. The van der Waals surface area contributed by atoms with E-state index >= 15 is 0 Å². The van der Waals surface area contributed by atoms with Gasteiger partial charge in [-0.1, -0.05) is 54.6 Å². The third-order valence-corrected chi connectivity index (χ3v) is 10.4. The number of carbonyl (C=O) groups excluding carboxylic acids is 1. The van der Waals surface area contributed by atoms with Gasteiger partial charge < -0.3 is 9.47 Å². The fraction of sp³-hybridized carbons (Fsp3) is 0.182. The average Bonchev–Trinajstić information content (AvgIpc) is 3.44. The lowest BCUT2D eigenvalue weighted by Crippen LogP contribution is -2.49. The van der Waals surface area contributed by atoms with E-state index in [-0.39, 0.29) is 17.4 Å². The Morgan fingerprint density at radius 3 is 2.50 bits per heavy atom. The van der Waals surface area contributed by atoms with Crippen LogP contribution >= 0.6 is 23.1 Å². The standard InChI is InChI=1S/C33H25N5O2S2/c39-29-11-5-9-27-23-16-20(18-38(27)29)17-37(19-23)32(40)22-14-12-21(13-15-22)30-24-6-1-2-7-25(24)31(36-35-30)42-33-34-26-8-3-4-10-28(26)41-33/h1-15,20,23H,16-19H2/t20-,23+/m0/s1. The maximum absolute atomic E-state index is 13.6. The smallest absolute Gasteiger partial charge is 0.253 e. The summed E-state index contributed by atoms with van der Waals surface area (Å²) in [4.78, 5) is 32.7. The Morgan fingerprint density at radius 1 is 0.833 bits per heavy atom. The molecule has 6 aromatic rings. The number of hydrogen-bond donors (Lipinski definition) is 0. The Bertz CT molecular complexity index is 2020. The van der Waals surface area contributed by atoms with Crippen LogP contribution in [0.4, 0.5) is 0 Å². The Kier molecular flexibility index (Phi) is 6.15. The monoisotopic (exact) mass is 587 g/mol. The van der Waals surface area contributed by atoms with Crippen LogP contribution in [-0.4, -0.2) is 43.6 Å². The van der Waals surface area contributed by atoms with Crippen molar-refractivity contribution < 1.29 is 4.79 Å². The van der Waals surface area contributed by atoms with Gasteiger partial charge in [0.25, 0.3) is 11.5 Å². The van der Waals surface area contributed by atoms with Crippen molar-refractivity contribution in [2.24, 2.45) is 5.92 Å². The summed E-state index contributed by atoms with van der Waals surface area (Å²) in [6, 6.07) is 29.5. The Balaban J connectivity index is 1.05. The zero-order valence-electron chi connectivity index (χ0n) is 22.5. The van der Waals surface area contributed by atoms with Gasteiger partial charge in [0.15, 0.2) is 4.34 Å². The van der Waals surface area contributed by atoms with Crippen LogP contribution in [0, 0.1) is 5.92 Å². The molecule has 9 heteroatoms. The van der Waals surface area contributed by atoms with E-state index in [4.69, 9.17) is 4.98 Å². The van der Waals surface area contributed by atoms with Crippen LogP contribution in [-0.2, 0) is 6.54 Å². The van der Waals surface area contributed by atoms with E-state index in [1.165, 1.54) is 11.8 Å². The minimum absolute atomic E-state index is 0.0292. The van der Waals surface area contributed by atoms with Crippen LogP contribution in [0.25, 0.3) is 32.2 Å². The van der Waals surface area contributed by atoms with Crippen LogP contribution in [0.5, 0.6) is 0 Å². The van der Waals surface area contributed by atoms with Gasteiger partial charge in [0.05, 0.1) is 10.2 Å². The molecule has 1 fully saturated rings. The molecule has 1 amide bonds. The number of fused-ring (bicyclic) bond motifs is 6. The first-order valence-corrected chi connectivity index (χ1v) is 15.6. The van der Waals surface area contributed by atoms with Gasteiger partial charge in [0.2, 0.25) is 0 Å². The molecular weight excluding hydrogens is 563 g/mol. The highest BCUT2D eigenvalue weighted by atomic mass is 32.2. The summed E-state index contributed by atoms with van der Waals surface area (Å²) in [5.41, 5.74) is 4.44. The van der Waals surface area contributed by atoms with Crippen molar-refractivity contribution in [2.45, 2.75) is 28.2 Å². The van der Waals surface area contributed by atoms with Crippen molar-refractivity contribution >= 4 is 50.0 Å². The van der Waals surface area contributed by atoms with E-state index in [0.29, 0.717) is 31.1 Å². The van der Waals surface area contributed by atoms with Crippen molar-refractivity contribution in [1.29, 1.82) is 0 Å². The molecule has 206 valence electrons. The third-order valence-electron chi connectivity index (χ3n) is 8.28. The molecule has 0 aliphatic carbocycles. The van der Waals surface area contributed by atoms with Gasteiger partial charge in [0.1, 0.15) is 10.7 Å². The highest BCUT2D eigenvalue weighted by Crippen LogP contribution is 2.39. The van der Waals surface area contributed by atoms with E-state index in [1.54, 1.807) is 17.4 Å². The summed E-state index contributed by atoms with van der Waals surface area (Å²) in [5.74, 6) is 0.511. The number of pyridine rings is 1. The molecule has 2 aliphatic rings. The molecule has 42 heavy (non-hydrogen) atoms. The second kappa shape index (κ2) is 10.2. The number of carbonyl (C=O) groups is 1. The molecule has 0 saturated carbocycles. The van der Waals surface area contributed by atoms with Crippen molar-refractivity contribution in [3.63, 3.8) is 0 Å². The lowest BCUT2D eigenvalue weighted by Gasteiger charge is -2.42. The molecule has 7 nitrogen and oxygen atoms in total. The van der Waals surface area contributed by atoms with E-state index < -0.39 is 0 Å². The molecule has 1 saturated heterocycles. The van der Waals surface area contributed by atoms with Crippen molar-refractivity contribution in [3.8, 4) is 11.3 Å². The predicted molar refractivity (Wildman–Crippen MR) is 166 cm³/mol. The number of amides is 1. The third kappa shape index (κ3) is 4.40. The molecule has 5 heterocycles. The highest BCUT2D eigenvalue weighted by Gasteiger charge is 2.36. The van der Waals surface area contributed by atoms with Crippen LogP contribution < -0.4 is 5.56 Å². The summed E-state index contributed by atoms with van der Waals surface area (Å²) in [6.45, 7) is 1.97. The quantitative estimate of drug-likeness (QED) is 0.235. The van der Waals surface area contributed by atoms with Gasteiger partial charge in [-0.15, -0.1) is 21.5 Å². The molecule has 2 atom stereocenters. The Hall–Kier alpha value is -4.34. The van der Waals surface area contributed by atoms with Gasteiger partial charge >= 0.3 is 0 Å². The number of thiazole rings is 1. The number of benzene rings is 3. The minimum Gasteiger partial charge on any atom is -0.338 e. The number of para-hydroxylation sites is 1. The fourth-order valence-corrected chi connectivity index (χ4v) is 8.41. The molecule has 0 unspecified atom stereocenters.